The number of carbonyl (C=O) groups excluding carboxylic acids is 1. The van der Waals surface area contributed by atoms with E-state index in [9.17, 15) is 9.59 Å². The van der Waals surface area contributed by atoms with Crippen LogP contribution in [0.4, 0.5) is 5.82 Å². The average molecular weight is 379 g/mol. The Hall–Kier alpha value is -3.22. The van der Waals surface area contributed by atoms with Crippen LogP contribution in [0, 0.1) is 12.8 Å². The average Bonchev–Trinajstić information content (AvgIpc) is 3.02. The van der Waals surface area contributed by atoms with Crippen molar-refractivity contribution in [1.29, 1.82) is 0 Å². The molecule has 0 saturated carbocycles. The van der Waals surface area contributed by atoms with E-state index in [-0.39, 0.29) is 11.1 Å². The van der Waals surface area contributed by atoms with E-state index < -0.39 is 5.91 Å². The Labute approximate surface area is 164 Å². The zero-order valence-corrected chi connectivity index (χ0v) is 16.6. The van der Waals surface area contributed by atoms with E-state index in [2.05, 4.69) is 29.2 Å². The van der Waals surface area contributed by atoms with E-state index in [1.54, 1.807) is 47.7 Å². The number of hydrogen-bond acceptors (Lipinski definition) is 4. The maximum absolute atomic E-state index is 12.9. The first-order chi connectivity index (χ1) is 13.4. The first kappa shape index (κ1) is 19.5. The Morgan fingerprint density at radius 2 is 2.00 bits per heavy atom. The smallest absolute Gasteiger partial charge is 0.263 e. The fraction of sp³-hybridized carbons (Fsp3) is 0.333. The molecule has 0 radical (unpaired) electrons. The fourth-order valence-electron chi connectivity index (χ4n) is 2.92. The second-order valence-corrected chi connectivity index (χ2v) is 7.26. The fourth-order valence-corrected chi connectivity index (χ4v) is 2.92. The molecule has 0 saturated heterocycles. The largest absolute Gasteiger partial charge is 0.315 e. The third-order valence-corrected chi connectivity index (χ3v) is 4.60. The molecule has 0 atom stereocenters. The standard InChI is InChI=1S/C21H25N5O2/c1-14(2)8-11-26-12-9-15(3)19(21(26)28)20(27)23-18-13-17(24-25(18)4)16-7-5-6-10-22-16/h5-7,9-10,12-14H,8,11H2,1-4H3,(H,23,27). The molecule has 0 bridgehead atoms. The number of nitrogens with one attached hydrogen (secondary N) is 1. The number of nitrogens with zero attached hydrogens (tertiary/aromatic N) is 4. The van der Waals surface area contributed by atoms with Gasteiger partial charge in [0.15, 0.2) is 0 Å². The van der Waals surface area contributed by atoms with Gasteiger partial charge in [-0.3, -0.25) is 19.3 Å². The van der Waals surface area contributed by atoms with Gasteiger partial charge in [-0.2, -0.15) is 5.10 Å². The van der Waals surface area contributed by atoms with Crippen molar-refractivity contribution in [2.75, 3.05) is 5.32 Å². The zero-order chi connectivity index (χ0) is 20.3. The molecule has 3 heterocycles. The van der Waals surface area contributed by atoms with Crippen LogP contribution in [-0.2, 0) is 13.6 Å². The lowest BCUT2D eigenvalue weighted by Crippen LogP contribution is -2.30. The quantitative estimate of drug-likeness (QED) is 0.713. The van der Waals surface area contributed by atoms with Crippen molar-refractivity contribution in [3.8, 4) is 11.4 Å². The molecule has 3 aromatic heterocycles. The molecular weight excluding hydrogens is 354 g/mol. The number of amides is 1. The molecule has 1 amide bonds. The molecule has 0 fully saturated rings. The van der Waals surface area contributed by atoms with Crippen LogP contribution >= 0.6 is 0 Å². The highest BCUT2D eigenvalue weighted by Crippen LogP contribution is 2.19. The first-order valence-corrected chi connectivity index (χ1v) is 9.33. The number of pyridine rings is 2. The van der Waals surface area contributed by atoms with Crippen LogP contribution in [0.25, 0.3) is 11.4 Å². The Morgan fingerprint density at radius 1 is 1.21 bits per heavy atom. The summed E-state index contributed by atoms with van der Waals surface area (Å²) in [4.78, 5) is 30.0. The van der Waals surface area contributed by atoms with Gasteiger partial charge < -0.3 is 9.88 Å². The van der Waals surface area contributed by atoms with Crippen molar-refractivity contribution < 1.29 is 4.79 Å². The first-order valence-electron chi connectivity index (χ1n) is 9.33. The maximum atomic E-state index is 12.9. The SMILES string of the molecule is Cc1ccn(CCC(C)C)c(=O)c1C(=O)Nc1cc(-c2ccccn2)nn1C. The zero-order valence-electron chi connectivity index (χ0n) is 16.6. The van der Waals surface area contributed by atoms with Crippen LogP contribution in [0.5, 0.6) is 0 Å². The van der Waals surface area contributed by atoms with Crippen LogP contribution in [-0.4, -0.2) is 25.2 Å². The molecule has 0 aromatic carbocycles. The summed E-state index contributed by atoms with van der Waals surface area (Å²) in [6.45, 7) is 6.57. The minimum Gasteiger partial charge on any atom is -0.315 e. The number of carbonyl (C=O) groups is 1. The highest BCUT2D eigenvalue weighted by atomic mass is 16.2. The molecule has 7 nitrogen and oxygen atoms in total. The van der Waals surface area contributed by atoms with Gasteiger partial charge in [-0.25, -0.2) is 0 Å². The molecule has 7 heteroatoms. The molecule has 146 valence electrons. The molecule has 3 rings (SSSR count). The van der Waals surface area contributed by atoms with Crippen LogP contribution in [0.3, 0.4) is 0 Å². The monoisotopic (exact) mass is 379 g/mol. The molecule has 0 aliphatic carbocycles. The summed E-state index contributed by atoms with van der Waals surface area (Å²) >= 11 is 0. The second-order valence-electron chi connectivity index (χ2n) is 7.26. The normalized spacial score (nSPS) is 11.0. The van der Waals surface area contributed by atoms with Crippen LogP contribution < -0.4 is 10.9 Å². The van der Waals surface area contributed by atoms with E-state index in [4.69, 9.17) is 0 Å². The van der Waals surface area contributed by atoms with Gasteiger partial charge >= 0.3 is 0 Å². The Balaban J connectivity index is 1.87. The molecular formula is C21H25N5O2. The van der Waals surface area contributed by atoms with Gasteiger partial charge in [0.1, 0.15) is 17.1 Å². The topological polar surface area (TPSA) is 81.8 Å². The molecule has 0 unspecified atom stereocenters. The van der Waals surface area contributed by atoms with E-state index in [0.29, 0.717) is 35.2 Å². The van der Waals surface area contributed by atoms with Crippen molar-refractivity contribution in [3.05, 3.63) is 64.2 Å². The third kappa shape index (κ3) is 4.19. The van der Waals surface area contributed by atoms with E-state index in [0.717, 1.165) is 6.42 Å². The highest BCUT2D eigenvalue weighted by Gasteiger charge is 2.18. The summed E-state index contributed by atoms with van der Waals surface area (Å²) in [5, 5.41) is 7.21. The van der Waals surface area contributed by atoms with Crippen molar-refractivity contribution in [2.45, 2.75) is 33.7 Å². The summed E-state index contributed by atoms with van der Waals surface area (Å²) < 4.78 is 3.17. The van der Waals surface area contributed by atoms with Gasteiger partial charge in [0.2, 0.25) is 0 Å². The number of aryl methyl sites for hydroxylation is 3. The van der Waals surface area contributed by atoms with Gasteiger partial charge in [0, 0.05) is 32.1 Å². The van der Waals surface area contributed by atoms with E-state index in [1.165, 1.54) is 0 Å². The molecule has 0 spiro atoms. The van der Waals surface area contributed by atoms with Gasteiger partial charge in [0.05, 0.1) is 5.69 Å². The Morgan fingerprint density at radius 3 is 2.68 bits per heavy atom. The second kappa shape index (κ2) is 8.21. The lowest BCUT2D eigenvalue weighted by Gasteiger charge is -2.12. The van der Waals surface area contributed by atoms with Gasteiger partial charge in [-0.15, -0.1) is 0 Å². The lowest BCUT2D eigenvalue weighted by atomic mass is 10.1. The van der Waals surface area contributed by atoms with Crippen molar-refractivity contribution in [1.82, 2.24) is 19.3 Å². The molecule has 1 N–H and O–H groups in total. The summed E-state index contributed by atoms with van der Waals surface area (Å²) in [5.41, 5.74) is 1.90. The Kier molecular flexibility index (Phi) is 5.73. The summed E-state index contributed by atoms with van der Waals surface area (Å²) in [5.74, 6) is 0.545. The van der Waals surface area contributed by atoms with Crippen molar-refractivity contribution in [2.24, 2.45) is 13.0 Å². The molecule has 0 aliphatic heterocycles. The maximum Gasteiger partial charge on any atom is 0.263 e. The molecule has 28 heavy (non-hydrogen) atoms. The number of aromatic nitrogens is 4. The Bertz CT molecular complexity index is 1030. The number of rotatable bonds is 6. The summed E-state index contributed by atoms with van der Waals surface area (Å²) in [6.07, 6.45) is 4.31. The number of anilines is 1. The van der Waals surface area contributed by atoms with Gasteiger partial charge in [-0.05, 0) is 43.0 Å². The van der Waals surface area contributed by atoms with Crippen LogP contribution in [0.15, 0.2) is 47.5 Å². The third-order valence-electron chi connectivity index (χ3n) is 4.60. The van der Waals surface area contributed by atoms with Crippen molar-refractivity contribution in [3.63, 3.8) is 0 Å². The van der Waals surface area contributed by atoms with E-state index >= 15 is 0 Å². The van der Waals surface area contributed by atoms with Gasteiger partial charge in [-0.1, -0.05) is 19.9 Å². The minimum atomic E-state index is -0.433. The summed E-state index contributed by atoms with van der Waals surface area (Å²) in [7, 11) is 1.74. The lowest BCUT2D eigenvalue weighted by molar-refractivity contribution is 0.102. The summed E-state index contributed by atoms with van der Waals surface area (Å²) in [6, 6.07) is 9.11. The van der Waals surface area contributed by atoms with Crippen LogP contribution in [0.1, 0.15) is 36.2 Å². The van der Waals surface area contributed by atoms with E-state index in [1.807, 2.05) is 18.2 Å². The van der Waals surface area contributed by atoms with Crippen molar-refractivity contribution >= 4 is 11.7 Å². The molecule has 3 aromatic rings. The predicted octanol–water partition coefficient (Wildman–Crippen LogP) is 3.25. The van der Waals surface area contributed by atoms with Gasteiger partial charge in [0.25, 0.3) is 11.5 Å². The highest BCUT2D eigenvalue weighted by molar-refractivity contribution is 6.04. The molecule has 0 aliphatic rings. The number of hydrogen-bond donors (Lipinski definition) is 1. The minimum absolute atomic E-state index is 0.159. The predicted molar refractivity (Wildman–Crippen MR) is 109 cm³/mol. The van der Waals surface area contributed by atoms with Crippen LogP contribution in [0.2, 0.25) is 0 Å².